The minimum Gasteiger partial charge on any atom is -0.461 e. The van der Waals surface area contributed by atoms with Gasteiger partial charge in [-0.2, -0.15) is 0 Å². The summed E-state index contributed by atoms with van der Waals surface area (Å²) in [5.41, 5.74) is 0. The van der Waals surface area contributed by atoms with Crippen LogP contribution in [-0.2, 0) is 14.3 Å². The maximum atomic E-state index is 11.9. The number of esters is 1. The third kappa shape index (κ3) is 8.79. The lowest BCUT2D eigenvalue weighted by molar-refractivity contribution is -0.148. The summed E-state index contributed by atoms with van der Waals surface area (Å²) in [5.74, 6) is -0.315. The van der Waals surface area contributed by atoms with E-state index in [0.717, 1.165) is 38.5 Å². The van der Waals surface area contributed by atoms with E-state index in [2.05, 4.69) is 9.83 Å². The molecule has 6 nitrogen and oxygen atoms in total. The number of hydrogen-bond donors (Lipinski definition) is 1. The lowest BCUT2D eigenvalue weighted by atomic mass is 10.1. The van der Waals surface area contributed by atoms with Crippen LogP contribution in [0.15, 0.2) is 4.51 Å². The molecule has 1 unspecified atom stereocenters. The molecule has 0 aliphatic carbocycles. The molecule has 0 bridgehead atoms. The van der Waals surface area contributed by atoms with Gasteiger partial charge in [-0.3, -0.25) is 14.9 Å². The Labute approximate surface area is 143 Å². The second kappa shape index (κ2) is 11.3. The summed E-state index contributed by atoms with van der Waals surface area (Å²) >= 11 is 5.52. The number of carbonyl (C=O) groups excluding carboxylic acids is 2. The first-order valence-electron chi connectivity index (χ1n) is 8.42. The van der Waals surface area contributed by atoms with Crippen LogP contribution in [0.2, 0.25) is 0 Å². The summed E-state index contributed by atoms with van der Waals surface area (Å²) in [6.45, 7) is 1.90. The summed E-state index contributed by atoms with van der Waals surface area (Å²) in [5, 5.41) is 2.64. The van der Waals surface area contributed by atoms with Crippen molar-refractivity contribution in [2.24, 2.45) is 4.51 Å². The summed E-state index contributed by atoms with van der Waals surface area (Å²) in [4.78, 5) is 25.3. The van der Waals surface area contributed by atoms with Crippen molar-refractivity contribution in [3.63, 3.8) is 0 Å². The van der Waals surface area contributed by atoms with Crippen LogP contribution in [0.1, 0.15) is 64.7 Å². The highest BCUT2D eigenvalue weighted by Gasteiger charge is 2.17. The van der Waals surface area contributed by atoms with E-state index in [1.54, 1.807) is 7.05 Å². The fourth-order valence-electron chi connectivity index (χ4n) is 2.56. The van der Waals surface area contributed by atoms with Gasteiger partial charge in [0.25, 0.3) is 0 Å². The van der Waals surface area contributed by atoms with Crippen LogP contribution in [0.25, 0.3) is 0 Å². The Hall–Kier alpha value is -1.30. The molecule has 1 saturated heterocycles. The number of likely N-dealkylation sites (N-methyl/N-ethyl adjacent to an activating group) is 1. The molecule has 0 aromatic heterocycles. The van der Waals surface area contributed by atoms with Crippen molar-refractivity contribution in [2.45, 2.75) is 70.8 Å². The SMILES string of the molecule is CC1CCCCCCCCCC(=O)N/C(=N\Cl)N(C)CC(=O)O1. The molecular formula is C16H28ClN3O3. The van der Waals surface area contributed by atoms with Crippen LogP contribution in [-0.4, -0.2) is 42.4 Å². The van der Waals surface area contributed by atoms with Crippen LogP contribution in [0, 0.1) is 0 Å². The Balaban J connectivity index is 2.61. The van der Waals surface area contributed by atoms with Gasteiger partial charge in [0.2, 0.25) is 11.9 Å². The molecule has 0 spiro atoms. The third-order valence-corrected chi connectivity index (χ3v) is 4.07. The molecule has 0 saturated carbocycles. The topological polar surface area (TPSA) is 71.0 Å². The number of nitrogens with one attached hydrogen (secondary N) is 1. The van der Waals surface area contributed by atoms with Gasteiger partial charge in [-0.05, 0) is 26.2 Å². The first kappa shape index (κ1) is 19.7. The molecule has 1 rings (SSSR count). The van der Waals surface area contributed by atoms with E-state index in [1.165, 1.54) is 17.7 Å². The highest BCUT2D eigenvalue weighted by molar-refractivity contribution is 6.20. The van der Waals surface area contributed by atoms with E-state index in [4.69, 9.17) is 16.5 Å². The lowest BCUT2D eigenvalue weighted by Gasteiger charge is -2.21. The van der Waals surface area contributed by atoms with Gasteiger partial charge in [-0.25, -0.2) is 0 Å². The van der Waals surface area contributed by atoms with Gasteiger partial charge in [-0.15, -0.1) is 4.51 Å². The quantitative estimate of drug-likeness (QED) is 0.685. The molecule has 1 heterocycles. The molecule has 1 aliphatic heterocycles. The van der Waals surface area contributed by atoms with Crippen LogP contribution in [0.5, 0.6) is 0 Å². The molecular weight excluding hydrogens is 318 g/mol. The fraction of sp³-hybridized carbons (Fsp3) is 0.812. The average Bonchev–Trinajstić information content (AvgIpc) is 2.49. The van der Waals surface area contributed by atoms with Crippen molar-refractivity contribution in [2.75, 3.05) is 13.6 Å². The Morgan fingerprint density at radius 3 is 2.39 bits per heavy atom. The first-order chi connectivity index (χ1) is 11.0. The van der Waals surface area contributed by atoms with Crippen LogP contribution in [0.4, 0.5) is 0 Å². The molecule has 7 heteroatoms. The third-order valence-electron chi connectivity index (χ3n) is 3.91. The molecule has 0 aromatic rings. The van der Waals surface area contributed by atoms with Crippen molar-refractivity contribution in [3.8, 4) is 0 Å². The number of rotatable bonds is 0. The number of halogens is 1. The van der Waals surface area contributed by atoms with Gasteiger partial charge in [0.05, 0.1) is 6.10 Å². The van der Waals surface area contributed by atoms with Crippen molar-refractivity contribution < 1.29 is 14.3 Å². The minimum atomic E-state index is -0.351. The molecule has 1 fully saturated rings. The summed E-state index contributed by atoms with van der Waals surface area (Å²) in [7, 11) is 1.64. The molecule has 0 aromatic carbocycles. The van der Waals surface area contributed by atoms with Crippen LogP contribution in [0.3, 0.4) is 0 Å². The van der Waals surface area contributed by atoms with E-state index in [1.807, 2.05) is 6.92 Å². The molecule has 0 radical (unpaired) electrons. The monoisotopic (exact) mass is 345 g/mol. The maximum Gasteiger partial charge on any atom is 0.325 e. The van der Waals surface area contributed by atoms with Gasteiger partial charge in [0, 0.05) is 25.2 Å². The second-order valence-electron chi connectivity index (χ2n) is 6.13. The molecule has 23 heavy (non-hydrogen) atoms. The Kier molecular flexibility index (Phi) is 9.67. The Morgan fingerprint density at radius 2 is 1.74 bits per heavy atom. The van der Waals surface area contributed by atoms with Crippen LogP contribution >= 0.6 is 11.8 Å². The standard InChI is InChI=1S/C16H28ClN3O3/c1-13-10-8-6-4-3-5-7-9-11-14(21)18-16(19-17)20(2)12-15(22)23-13/h13H,3-12H2,1-2H3,(H,18,19,21). The zero-order valence-corrected chi connectivity index (χ0v) is 14.9. The molecule has 1 amide bonds. The van der Waals surface area contributed by atoms with Crippen LogP contribution < -0.4 is 5.32 Å². The minimum absolute atomic E-state index is 0.00380. The molecule has 1 aliphatic rings. The smallest absolute Gasteiger partial charge is 0.325 e. The van der Waals surface area contributed by atoms with Crippen molar-refractivity contribution in [1.82, 2.24) is 10.2 Å². The van der Waals surface area contributed by atoms with Gasteiger partial charge in [0.15, 0.2) is 0 Å². The summed E-state index contributed by atoms with van der Waals surface area (Å²) in [6, 6.07) is 0. The molecule has 1 N–H and O–H groups in total. The van der Waals surface area contributed by atoms with Crippen molar-refractivity contribution in [3.05, 3.63) is 0 Å². The highest BCUT2D eigenvalue weighted by Crippen LogP contribution is 2.12. The largest absolute Gasteiger partial charge is 0.461 e. The zero-order valence-electron chi connectivity index (χ0n) is 14.1. The maximum absolute atomic E-state index is 11.9. The Morgan fingerprint density at radius 1 is 1.13 bits per heavy atom. The van der Waals surface area contributed by atoms with Crippen molar-refractivity contribution >= 4 is 29.6 Å². The molecule has 132 valence electrons. The first-order valence-corrected chi connectivity index (χ1v) is 8.76. The average molecular weight is 346 g/mol. The zero-order chi connectivity index (χ0) is 17.1. The molecule has 1 atom stereocenters. The van der Waals surface area contributed by atoms with E-state index in [0.29, 0.717) is 6.42 Å². The number of hydrogen-bond acceptors (Lipinski definition) is 4. The Bertz CT molecular complexity index is 415. The highest BCUT2D eigenvalue weighted by atomic mass is 35.5. The fourth-order valence-corrected chi connectivity index (χ4v) is 2.73. The van der Waals surface area contributed by atoms with E-state index >= 15 is 0 Å². The summed E-state index contributed by atoms with van der Waals surface area (Å²) < 4.78 is 8.90. The van der Waals surface area contributed by atoms with Gasteiger partial charge in [0.1, 0.15) is 6.54 Å². The number of cyclic esters (lactones) is 1. The number of ether oxygens (including phenoxy) is 1. The van der Waals surface area contributed by atoms with E-state index in [9.17, 15) is 9.59 Å². The van der Waals surface area contributed by atoms with Gasteiger partial charge < -0.3 is 9.64 Å². The summed E-state index contributed by atoms with van der Waals surface area (Å²) in [6.07, 6.45) is 8.87. The predicted octanol–water partition coefficient (Wildman–Crippen LogP) is 3.00. The van der Waals surface area contributed by atoms with Gasteiger partial charge >= 0.3 is 5.97 Å². The van der Waals surface area contributed by atoms with E-state index < -0.39 is 0 Å². The lowest BCUT2D eigenvalue weighted by Crippen LogP contribution is -2.44. The normalized spacial score (nSPS) is 25.6. The number of guanidine groups is 1. The predicted molar refractivity (Wildman–Crippen MR) is 91.2 cm³/mol. The number of amides is 1. The number of carbonyl (C=O) groups is 2. The second-order valence-corrected chi connectivity index (χ2v) is 6.30. The van der Waals surface area contributed by atoms with Gasteiger partial charge in [-0.1, -0.05) is 32.1 Å². The van der Waals surface area contributed by atoms with Crippen molar-refractivity contribution in [1.29, 1.82) is 0 Å². The van der Waals surface area contributed by atoms with E-state index in [-0.39, 0.29) is 30.5 Å². The number of nitrogens with zero attached hydrogens (tertiary/aromatic N) is 2.